The molecule has 3 rings (SSSR count). The van der Waals surface area contributed by atoms with Crippen LogP contribution in [0.15, 0.2) is 24.3 Å². The summed E-state index contributed by atoms with van der Waals surface area (Å²) in [6.45, 7) is 0.193. The van der Waals surface area contributed by atoms with Crippen LogP contribution >= 0.6 is 11.6 Å². The normalized spacial score (nSPS) is 17.2. The van der Waals surface area contributed by atoms with Gasteiger partial charge in [0.1, 0.15) is 18.1 Å². The van der Waals surface area contributed by atoms with Crippen LogP contribution in [0.5, 0.6) is 0 Å². The van der Waals surface area contributed by atoms with Gasteiger partial charge in [0.25, 0.3) is 0 Å². The van der Waals surface area contributed by atoms with Gasteiger partial charge in [0.2, 0.25) is 0 Å². The zero-order valence-electron chi connectivity index (χ0n) is 11.2. The predicted molar refractivity (Wildman–Crippen MR) is 76.2 cm³/mol. The second kappa shape index (κ2) is 5.42. The number of aromatic nitrogens is 2. The summed E-state index contributed by atoms with van der Waals surface area (Å²) in [5.74, 6) is -0.530. The SMILES string of the molecule is O=CC1CN(C(=O)O)Cc2cc(-c3ccc(F)c(Cl)c3)nn21. The lowest BCUT2D eigenvalue weighted by molar-refractivity contribution is -0.111. The molecule has 1 amide bonds. The van der Waals surface area contributed by atoms with Gasteiger partial charge in [0, 0.05) is 5.56 Å². The topological polar surface area (TPSA) is 75.4 Å². The molecule has 1 aromatic carbocycles. The minimum absolute atomic E-state index is 0.0254. The van der Waals surface area contributed by atoms with Crippen LogP contribution in [-0.4, -0.2) is 38.7 Å². The van der Waals surface area contributed by atoms with Crippen molar-refractivity contribution in [2.24, 2.45) is 0 Å². The van der Waals surface area contributed by atoms with Crippen LogP contribution < -0.4 is 0 Å². The number of carboxylic acid groups (broad SMARTS) is 1. The van der Waals surface area contributed by atoms with E-state index in [4.69, 9.17) is 16.7 Å². The fraction of sp³-hybridized carbons (Fsp3) is 0.214. The van der Waals surface area contributed by atoms with E-state index < -0.39 is 18.0 Å². The molecule has 0 bridgehead atoms. The molecule has 1 N–H and O–H groups in total. The summed E-state index contributed by atoms with van der Waals surface area (Å²) in [6, 6.07) is 5.20. The molecule has 0 aliphatic carbocycles. The first kappa shape index (κ1) is 14.5. The maximum atomic E-state index is 13.2. The first-order valence-electron chi connectivity index (χ1n) is 6.46. The average Bonchev–Trinajstić information content (AvgIpc) is 2.92. The molecular weight excluding hydrogens is 313 g/mol. The molecule has 22 heavy (non-hydrogen) atoms. The summed E-state index contributed by atoms with van der Waals surface area (Å²) in [5, 5.41) is 13.4. The van der Waals surface area contributed by atoms with E-state index in [1.54, 1.807) is 6.07 Å². The molecule has 1 aliphatic heterocycles. The molecule has 6 nitrogen and oxygen atoms in total. The van der Waals surface area contributed by atoms with E-state index in [2.05, 4.69) is 5.10 Å². The van der Waals surface area contributed by atoms with Crippen molar-refractivity contribution < 1.29 is 19.1 Å². The first-order valence-corrected chi connectivity index (χ1v) is 6.84. The van der Waals surface area contributed by atoms with Gasteiger partial charge in [-0.2, -0.15) is 5.10 Å². The van der Waals surface area contributed by atoms with E-state index in [0.29, 0.717) is 23.2 Å². The number of benzene rings is 1. The number of carbonyl (C=O) groups excluding carboxylic acids is 1. The molecular formula is C14H11ClFN3O3. The Labute approximate surface area is 129 Å². The quantitative estimate of drug-likeness (QED) is 0.862. The Kier molecular flexibility index (Phi) is 3.58. The second-order valence-electron chi connectivity index (χ2n) is 4.96. The van der Waals surface area contributed by atoms with Gasteiger partial charge in [-0.3, -0.25) is 9.58 Å². The Balaban J connectivity index is 2.02. The van der Waals surface area contributed by atoms with Gasteiger partial charge in [-0.15, -0.1) is 0 Å². The molecule has 0 saturated carbocycles. The van der Waals surface area contributed by atoms with Gasteiger partial charge in [-0.1, -0.05) is 11.6 Å². The highest BCUT2D eigenvalue weighted by Crippen LogP contribution is 2.28. The maximum absolute atomic E-state index is 13.2. The van der Waals surface area contributed by atoms with E-state index in [9.17, 15) is 14.0 Å². The molecule has 8 heteroatoms. The lowest BCUT2D eigenvalue weighted by Crippen LogP contribution is -2.41. The van der Waals surface area contributed by atoms with Crippen molar-refractivity contribution in [2.45, 2.75) is 12.6 Å². The van der Waals surface area contributed by atoms with Crippen molar-refractivity contribution in [1.29, 1.82) is 0 Å². The highest BCUT2D eigenvalue weighted by molar-refractivity contribution is 6.31. The van der Waals surface area contributed by atoms with Gasteiger partial charge in [0.05, 0.1) is 29.5 Å². The summed E-state index contributed by atoms with van der Waals surface area (Å²) in [7, 11) is 0. The van der Waals surface area contributed by atoms with Crippen LogP contribution in [0.3, 0.4) is 0 Å². The summed E-state index contributed by atoms with van der Waals surface area (Å²) in [6.07, 6.45) is -0.432. The highest BCUT2D eigenvalue weighted by atomic mass is 35.5. The van der Waals surface area contributed by atoms with Gasteiger partial charge >= 0.3 is 6.09 Å². The standard InChI is InChI=1S/C14H11ClFN3O3/c15-11-3-8(1-2-12(11)16)13-4-9-5-18(14(21)22)6-10(7-20)19(9)17-13/h1-4,7,10H,5-6H2,(H,21,22). The van der Waals surface area contributed by atoms with Crippen LogP contribution in [-0.2, 0) is 11.3 Å². The Hall–Kier alpha value is -2.41. The Morgan fingerprint density at radius 1 is 1.45 bits per heavy atom. The van der Waals surface area contributed by atoms with Crippen LogP contribution in [0.2, 0.25) is 5.02 Å². The number of nitrogens with zero attached hydrogens (tertiary/aromatic N) is 3. The number of amides is 1. The monoisotopic (exact) mass is 323 g/mol. The Bertz CT molecular complexity index is 762. The maximum Gasteiger partial charge on any atom is 0.407 e. The van der Waals surface area contributed by atoms with Gasteiger partial charge in [0.15, 0.2) is 0 Å². The second-order valence-corrected chi connectivity index (χ2v) is 5.37. The molecule has 114 valence electrons. The first-order chi connectivity index (χ1) is 10.5. The minimum Gasteiger partial charge on any atom is -0.465 e. The molecule has 0 spiro atoms. The minimum atomic E-state index is -1.09. The lowest BCUT2D eigenvalue weighted by atomic mass is 10.1. The van der Waals surface area contributed by atoms with Crippen molar-refractivity contribution >= 4 is 24.0 Å². The smallest absolute Gasteiger partial charge is 0.407 e. The van der Waals surface area contributed by atoms with Crippen LogP contribution in [0.25, 0.3) is 11.3 Å². The van der Waals surface area contributed by atoms with E-state index in [1.165, 1.54) is 22.9 Å². The third-order valence-electron chi connectivity index (χ3n) is 3.53. The number of rotatable bonds is 2. The third-order valence-corrected chi connectivity index (χ3v) is 3.82. The molecule has 1 unspecified atom stereocenters. The van der Waals surface area contributed by atoms with Crippen LogP contribution in [0.4, 0.5) is 9.18 Å². The number of halogens is 2. The number of hydrogen-bond donors (Lipinski definition) is 1. The zero-order valence-corrected chi connectivity index (χ0v) is 12.0. The fourth-order valence-corrected chi connectivity index (χ4v) is 2.63. The van der Waals surface area contributed by atoms with Gasteiger partial charge < -0.3 is 9.90 Å². The zero-order chi connectivity index (χ0) is 15.9. The van der Waals surface area contributed by atoms with Crippen LogP contribution in [0, 0.1) is 5.82 Å². The van der Waals surface area contributed by atoms with E-state index >= 15 is 0 Å². The summed E-state index contributed by atoms with van der Waals surface area (Å²) in [5.41, 5.74) is 1.71. The number of aldehydes is 1. The number of fused-ring (bicyclic) bond motifs is 1. The molecule has 1 aromatic heterocycles. The van der Waals surface area contributed by atoms with Crippen molar-refractivity contribution in [3.8, 4) is 11.3 Å². The van der Waals surface area contributed by atoms with Gasteiger partial charge in [-0.05, 0) is 24.3 Å². The van der Waals surface area contributed by atoms with E-state index in [1.807, 2.05) is 0 Å². The fourth-order valence-electron chi connectivity index (χ4n) is 2.44. The van der Waals surface area contributed by atoms with Crippen molar-refractivity contribution in [2.75, 3.05) is 6.54 Å². The number of hydrogen-bond acceptors (Lipinski definition) is 3. The van der Waals surface area contributed by atoms with Crippen molar-refractivity contribution in [3.63, 3.8) is 0 Å². The highest BCUT2D eigenvalue weighted by Gasteiger charge is 2.29. The van der Waals surface area contributed by atoms with E-state index in [-0.39, 0.29) is 18.1 Å². The Morgan fingerprint density at radius 2 is 2.23 bits per heavy atom. The van der Waals surface area contributed by atoms with Crippen LogP contribution in [0.1, 0.15) is 11.7 Å². The van der Waals surface area contributed by atoms with Crippen molar-refractivity contribution in [1.82, 2.24) is 14.7 Å². The summed E-state index contributed by atoms with van der Waals surface area (Å²) < 4.78 is 14.7. The van der Waals surface area contributed by atoms with Crippen molar-refractivity contribution in [3.05, 3.63) is 40.8 Å². The molecule has 0 fully saturated rings. The summed E-state index contributed by atoms with van der Waals surface area (Å²) in [4.78, 5) is 23.4. The summed E-state index contributed by atoms with van der Waals surface area (Å²) >= 11 is 5.76. The third kappa shape index (κ3) is 2.43. The lowest BCUT2D eigenvalue weighted by Gasteiger charge is -2.28. The average molecular weight is 324 g/mol. The van der Waals surface area contributed by atoms with E-state index in [0.717, 1.165) is 4.90 Å². The largest absolute Gasteiger partial charge is 0.465 e. The predicted octanol–water partition coefficient (Wildman–Crippen LogP) is 2.58. The molecule has 0 radical (unpaired) electrons. The Morgan fingerprint density at radius 3 is 2.86 bits per heavy atom. The molecule has 2 aromatic rings. The molecule has 1 atom stereocenters. The van der Waals surface area contributed by atoms with Gasteiger partial charge in [-0.25, -0.2) is 9.18 Å². The molecule has 2 heterocycles. The molecule has 0 saturated heterocycles. The molecule has 1 aliphatic rings. The number of carbonyl (C=O) groups is 2.